The van der Waals surface area contributed by atoms with Crippen LogP contribution in [0.25, 0.3) is 0 Å². The van der Waals surface area contributed by atoms with Crippen LogP contribution < -0.4 is 0 Å². The first-order chi connectivity index (χ1) is 11.2. The Morgan fingerprint density at radius 2 is 1.83 bits per heavy atom. The molecule has 1 aromatic carbocycles. The number of ether oxygens (including phenoxy) is 1. The first kappa shape index (κ1) is 18.3. The summed E-state index contributed by atoms with van der Waals surface area (Å²) in [5, 5.41) is 1.54. The number of hydrogen-bond donors (Lipinski definition) is 0. The van der Waals surface area contributed by atoms with Crippen molar-refractivity contribution < 1.29 is 19.2 Å². The molecule has 0 unspecified atom stereocenters. The second kappa shape index (κ2) is 7.21. The summed E-state index contributed by atoms with van der Waals surface area (Å²) in [7, 11) is 1.72. The van der Waals surface area contributed by atoms with Crippen LogP contribution in [-0.4, -0.2) is 53.3 Å². The number of carbonyl (C=O) groups is 2. The lowest BCUT2D eigenvalue weighted by Crippen LogP contribution is -2.41. The first-order valence-corrected chi connectivity index (χ1v) is 8.17. The van der Waals surface area contributed by atoms with Gasteiger partial charge in [0.1, 0.15) is 5.60 Å². The molecular formula is C18H26N2O4. The SMILES string of the molecule is C[C@@H]1C[C@@H](N(C)OC(=O)c2ccccc2)CN1C(=O)OC(C)(C)C. The lowest BCUT2D eigenvalue weighted by Gasteiger charge is -2.27. The quantitative estimate of drug-likeness (QED) is 0.795. The van der Waals surface area contributed by atoms with Crippen molar-refractivity contribution in [2.45, 2.75) is 51.8 Å². The van der Waals surface area contributed by atoms with Crippen molar-refractivity contribution in [3.05, 3.63) is 35.9 Å². The number of nitrogens with zero attached hydrogens (tertiary/aromatic N) is 2. The van der Waals surface area contributed by atoms with E-state index in [4.69, 9.17) is 9.57 Å². The van der Waals surface area contributed by atoms with Crippen molar-refractivity contribution in [2.24, 2.45) is 0 Å². The van der Waals surface area contributed by atoms with Crippen molar-refractivity contribution in [2.75, 3.05) is 13.6 Å². The minimum atomic E-state index is -0.527. The van der Waals surface area contributed by atoms with Crippen LogP contribution in [0.4, 0.5) is 4.79 Å². The number of benzene rings is 1. The summed E-state index contributed by atoms with van der Waals surface area (Å²) in [4.78, 5) is 31.5. The van der Waals surface area contributed by atoms with Gasteiger partial charge in [-0.25, -0.2) is 9.59 Å². The second-order valence-electron chi connectivity index (χ2n) is 7.16. The molecule has 1 aliphatic rings. The van der Waals surface area contributed by atoms with E-state index in [0.717, 1.165) is 6.42 Å². The van der Waals surface area contributed by atoms with Gasteiger partial charge < -0.3 is 14.5 Å². The number of likely N-dealkylation sites (N-methyl/N-ethyl adjacent to an activating group) is 1. The number of likely N-dealkylation sites (tertiary alicyclic amines) is 1. The number of carbonyl (C=O) groups excluding carboxylic acids is 2. The Hall–Kier alpha value is -2.08. The monoisotopic (exact) mass is 334 g/mol. The molecule has 2 rings (SSSR count). The molecule has 2 atom stereocenters. The van der Waals surface area contributed by atoms with E-state index in [9.17, 15) is 9.59 Å². The average molecular weight is 334 g/mol. The van der Waals surface area contributed by atoms with Crippen molar-refractivity contribution in [1.82, 2.24) is 9.96 Å². The van der Waals surface area contributed by atoms with Crippen LogP contribution in [0.15, 0.2) is 30.3 Å². The summed E-state index contributed by atoms with van der Waals surface area (Å²) in [5.74, 6) is -0.401. The molecular weight excluding hydrogens is 308 g/mol. The zero-order valence-corrected chi connectivity index (χ0v) is 15.0. The Balaban J connectivity index is 1.93. The molecule has 6 nitrogen and oxygen atoms in total. The van der Waals surface area contributed by atoms with Crippen LogP contribution in [-0.2, 0) is 9.57 Å². The van der Waals surface area contributed by atoms with Gasteiger partial charge in [-0.3, -0.25) is 0 Å². The molecule has 1 amide bonds. The Morgan fingerprint density at radius 3 is 2.42 bits per heavy atom. The minimum Gasteiger partial charge on any atom is -0.444 e. The maximum absolute atomic E-state index is 12.3. The molecule has 1 heterocycles. The fourth-order valence-electron chi connectivity index (χ4n) is 2.67. The van der Waals surface area contributed by atoms with Gasteiger partial charge in [-0.05, 0) is 46.2 Å². The van der Waals surface area contributed by atoms with Gasteiger partial charge in [-0.2, -0.15) is 0 Å². The van der Waals surface area contributed by atoms with Gasteiger partial charge in [0.15, 0.2) is 0 Å². The summed E-state index contributed by atoms with van der Waals surface area (Å²) in [6.45, 7) is 7.97. The highest BCUT2D eigenvalue weighted by atomic mass is 16.7. The number of amides is 1. The van der Waals surface area contributed by atoms with Crippen molar-refractivity contribution in [1.29, 1.82) is 0 Å². The Labute approximate surface area is 143 Å². The van der Waals surface area contributed by atoms with Crippen LogP contribution in [0, 0.1) is 0 Å². The number of hydrogen-bond acceptors (Lipinski definition) is 5. The molecule has 1 saturated heterocycles. The third-order valence-corrected chi connectivity index (χ3v) is 3.93. The van der Waals surface area contributed by atoms with Gasteiger partial charge in [0, 0.05) is 19.6 Å². The van der Waals surface area contributed by atoms with E-state index in [1.165, 1.54) is 5.06 Å². The molecule has 6 heteroatoms. The van der Waals surface area contributed by atoms with E-state index < -0.39 is 11.6 Å². The van der Waals surface area contributed by atoms with E-state index in [0.29, 0.717) is 12.1 Å². The van der Waals surface area contributed by atoms with E-state index in [1.54, 1.807) is 36.2 Å². The third kappa shape index (κ3) is 4.71. The Kier molecular flexibility index (Phi) is 5.49. The summed E-state index contributed by atoms with van der Waals surface area (Å²) < 4.78 is 5.43. The van der Waals surface area contributed by atoms with Crippen molar-refractivity contribution in [3.8, 4) is 0 Å². The molecule has 1 fully saturated rings. The van der Waals surface area contributed by atoms with Crippen molar-refractivity contribution in [3.63, 3.8) is 0 Å². The van der Waals surface area contributed by atoms with Gasteiger partial charge in [0.2, 0.25) is 0 Å². The van der Waals surface area contributed by atoms with Crippen molar-refractivity contribution >= 4 is 12.1 Å². The van der Waals surface area contributed by atoms with Crippen LogP contribution in [0.5, 0.6) is 0 Å². The molecule has 1 aliphatic heterocycles. The molecule has 1 aromatic rings. The van der Waals surface area contributed by atoms with Crippen LogP contribution in [0.2, 0.25) is 0 Å². The molecule has 0 aliphatic carbocycles. The van der Waals surface area contributed by atoms with Gasteiger partial charge in [-0.15, -0.1) is 5.06 Å². The summed E-state index contributed by atoms with van der Waals surface area (Å²) in [5.41, 5.74) is -0.0278. The van der Waals surface area contributed by atoms with Crippen LogP contribution in [0.1, 0.15) is 44.5 Å². The fraction of sp³-hybridized carbons (Fsp3) is 0.556. The molecule has 0 aromatic heterocycles. The largest absolute Gasteiger partial charge is 0.444 e. The topological polar surface area (TPSA) is 59.1 Å². The highest BCUT2D eigenvalue weighted by molar-refractivity contribution is 5.89. The predicted octanol–water partition coefficient (Wildman–Crippen LogP) is 3.09. The molecule has 0 radical (unpaired) electrons. The van der Waals surface area contributed by atoms with Crippen LogP contribution in [0.3, 0.4) is 0 Å². The summed E-state index contributed by atoms with van der Waals surface area (Å²) in [6.07, 6.45) is 0.387. The lowest BCUT2D eigenvalue weighted by molar-refractivity contribution is -0.115. The Morgan fingerprint density at radius 1 is 1.21 bits per heavy atom. The van der Waals surface area contributed by atoms with E-state index >= 15 is 0 Å². The molecule has 0 bridgehead atoms. The van der Waals surface area contributed by atoms with Gasteiger partial charge in [0.05, 0.1) is 11.6 Å². The number of hydroxylamine groups is 2. The second-order valence-corrected chi connectivity index (χ2v) is 7.16. The van der Waals surface area contributed by atoms with Crippen LogP contribution >= 0.6 is 0 Å². The van der Waals surface area contributed by atoms with E-state index in [1.807, 2.05) is 33.8 Å². The fourth-order valence-corrected chi connectivity index (χ4v) is 2.67. The molecule has 132 valence electrons. The molecule has 24 heavy (non-hydrogen) atoms. The summed E-state index contributed by atoms with van der Waals surface area (Å²) >= 11 is 0. The average Bonchev–Trinajstić information content (AvgIpc) is 2.88. The third-order valence-electron chi connectivity index (χ3n) is 3.93. The lowest BCUT2D eigenvalue weighted by atomic mass is 10.2. The highest BCUT2D eigenvalue weighted by Gasteiger charge is 2.38. The zero-order valence-electron chi connectivity index (χ0n) is 15.0. The smallest absolute Gasteiger partial charge is 0.410 e. The molecule has 0 spiro atoms. The molecule has 0 saturated carbocycles. The highest BCUT2D eigenvalue weighted by Crippen LogP contribution is 2.24. The minimum absolute atomic E-state index is 0.0303. The van der Waals surface area contributed by atoms with Gasteiger partial charge in [-0.1, -0.05) is 18.2 Å². The van der Waals surface area contributed by atoms with E-state index in [2.05, 4.69) is 0 Å². The Bertz CT molecular complexity index is 582. The maximum Gasteiger partial charge on any atom is 0.410 e. The van der Waals surface area contributed by atoms with Gasteiger partial charge >= 0.3 is 12.1 Å². The molecule has 0 N–H and O–H groups in total. The normalized spacial score (nSPS) is 21.0. The standard InChI is InChI=1S/C18H26N2O4/c1-13-11-15(12-20(13)17(22)23-18(2,3)4)19(5)24-16(21)14-9-7-6-8-10-14/h6-10,13,15H,11-12H2,1-5H3/t13-,15-/m1/s1. The summed E-state index contributed by atoms with van der Waals surface area (Å²) in [6, 6.07) is 8.82. The maximum atomic E-state index is 12.3. The van der Waals surface area contributed by atoms with Gasteiger partial charge in [0.25, 0.3) is 0 Å². The zero-order chi connectivity index (χ0) is 17.9. The number of rotatable bonds is 3. The first-order valence-electron chi connectivity index (χ1n) is 8.17. The predicted molar refractivity (Wildman–Crippen MR) is 90.4 cm³/mol. The van der Waals surface area contributed by atoms with E-state index in [-0.39, 0.29) is 18.2 Å².